The molecule has 22 nitrogen and oxygen atoms in total. The molecular weight excluding hydrogens is 1720 g/mol. The molecule has 0 bridgehead atoms. The second kappa shape index (κ2) is 46.7. The zero-order valence-electron chi connectivity index (χ0n) is 68.2. The molecule has 5 amide bonds. The zero-order chi connectivity index (χ0) is 91.3. The molecule has 15 aromatic rings. The molecule has 0 aliphatic rings. The van der Waals surface area contributed by atoms with Crippen LogP contribution in [0.3, 0.4) is 0 Å². The third kappa shape index (κ3) is 31.2. The normalized spacial score (nSPS) is 10.4. The highest BCUT2D eigenvalue weighted by Crippen LogP contribution is 2.38. The molecule has 0 radical (unpaired) electrons. The Morgan fingerprint density at radius 3 is 1.18 bits per heavy atom. The lowest BCUT2D eigenvalue weighted by Crippen LogP contribution is -2.17. The topological polar surface area (TPSA) is 282 Å². The summed E-state index contributed by atoms with van der Waals surface area (Å²) in [6, 6.07) is 71.4. The third-order valence-corrected chi connectivity index (χ3v) is 17.5. The molecular formula is C99H81Cl2F7N12O10. The Morgan fingerprint density at radius 2 is 0.738 bits per heavy atom. The van der Waals surface area contributed by atoms with Crippen LogP contribution in [0.4, 0.5) is 59.2 Å². The van der Waals surface area contributed by atoms with Crippen LogP contribution in [-0.4, -0.2) is 64.4 Å². The summed E-state index contributed by atoms with van der Waals surface area (Å²) in [5.41, 5.74) is 6.40. The van der Waals surface area contributed by atoms with E-state index in [1.807, 2.05) is 144 Å². The van der Waals surface area contributed by atoms with Crippen LogP contribution >= 0.6 is 23.2 Å². The number of hydrogen-bond donors (Lipinski definition) is 5. The van der Waals surface area contributed by atoms with Crippen molar-refractivity contribution in [2.75, 3.05) is 26.6 Å². The molecule has 660 valence electrons. The van der Waals surface area contributed by atoms with Gasteiger partial charge in [0.1, 0.15) is 80.4 Å². The quantitative estimate of drug-likeness (QED) is 0.0350. The Balaban J connectivity index is 0.000000183. The van der Waals surface area contributed by atoms with Gasteiger partial charge in [-0.1, -0.05) is 110 Å². The summed E-state index contributed by atoms with van der Waals surface area (Å²) < 4.78 is 119. The number of halogens is 9. The van der Waals surface area contributed by atoms with Gasteiger partial charge in [0, 0.05) is 127 Å². The maximum atomic E-state index is 13.2. The maximum Gasteiger partial charge on any atom is 0.433 e. The van der Waals surface area contributed by atoms with Crippen LogP contribution in [-0.2, 0) is 12.4 Å². The minimum Gasteiger partial charge on any atom is -0.456 e. The fraction of sp³-hybridized carbons (Fsp3) is 0.0909. The van der Waals surface area contributed by atoms with Crippen molar-refractivity contribution in [1.29, 1.82) is 0 Å². The number of ether oxygens (including phenoxy) is 5. The summed E-state index contributed by atoms with van der Waals surface area (Å²) in [5, 5.41) is 14.0. The maximum absolute atomic E-state index is 13.2. The Morgan fingerprint density at radius 1 is 0.338 bits per heavy atom. The van der Waals surface area contributed by atoms with Crippen LogP contribution < -0.4 is 50.3 Å². The van der Waals surface area contributed by atoms with Gasteiger partial charge in [0.05, 0.1) is 42.7 Å². The van der Waals surface area contributed by atoms with Gasteiger partial charge in [-0.15, -0.1) is 6.42 Å². The molecule has 0 unspecified atom stereocenters. The smallest absolute Gasteiger partial charge is 0.433 e. The molecule has 0 spiro atoms. The van der Waals surface area contributed by atoms with E-state index in [0.717, 1.165) is 70.8 Å². The first-order valence-electron chi connectivity index (χ1n) is 38.3. The van der Waals surface area contributed by atoms with Crippen LogP contribution in [0, 0.1) is 52.8 Å². The highest BCUT2D eigenvalue weighted by atomic mass is 35.5. The first-order chi connectivity index (χ1) is 61.3. The van der Waals surface area contributed by atoms with Gasteiger partial charge in [-0.25, -0.2) is 14.4 Å². The molecule has 0 aliphatic carbocycles. The van der Waals surface area contributed by atoms with Gasteiger partial charge in [0.15, 0.2) is 0 Å². The van der Waals surface area contributed by atoms with E-state index in [1.165, 1.54) is 55.0 Å². The average Bonchev–Trinajstić information content (AvgIpc) is 0.820. The minimum absolute atomic E-state index is 0. The number of nitrogens with zero attached hydrogens (tertiary/aromatic N) is 7. The van der Waals surface area contributed by atoms with Gasteiger partial charge >= 0.3 is 12.4 Å². The van der Waals surface area contributed by atoms with Crippen LogP contribution in [0.5, 0.6) is 57.5 Å². The predicted octanol–water partition coefficient (Wildman–Crippen LogP) is 25.7. The van der Waals surface area contributed by atoms with Crippen LogP contribution in [0.25, 0.3) is 0 Å². The molecule has 0 fully saturated rings. The monoisotopic (exact) mass is 1800 g/mol. The van der Waals surface area contributed by atoms with Gasteiger partial charge in [-0.2, -0.15) is 26.3 Å². The summed E-state index contributed by atoms with van der Waals surface area (Å²) >= 11 is 12.1. The lowest BCUT2D eigenvalue weighted by Gasteiger charge is -2.14. The number of rotatable bonds is 20. The molecule has 0 saturated carbocycles. The van der Waals surface area contributed by atoms with E-state index in [9.17, 15) is 54.7 Å². The predicted molar refractivity (Wildman–Crippen MR) is 486 cm³/mol. The van der Waals surface area contributed by atoms with E-state index in [1.54, 1.807) is 110 Å². The molecule has 0 atom stereocenters. The largest absolute Gasteiger partial charge is 0.456 e. The fourth-order valence-electron chi connectivity index (χ4n) is 11.2. The van der Waals surface area contributed by atoms with Crippen molar-refractivity contribution < 1.29 is 78.4 Å². The van der Waals surface area contributed by atoms with Crippen LogP contribution in [0.15, 0.2) is 316 Å². The molecule has 5 N–H and O–H groups in total. The number of hydrogen-bond acceptors (Lipinski definition) is 17. The van der Waals surface area contributed by atoms with Crippen molar-refractivity contribution in [2.45, 2.75) is 61.8 Å². The molecule has 8 aromatic carbocycles. The van der Waals surface area contributed by atoms with Crippen molar-refractivity contribution in [3.63, 3.8) is 0 Å². The second-order valence-electron chi connectivity index (χ2n) is 27.5. The molecule has 7 aromatic heterocycles. The highest BCUT2D eigenvalue weighted by Gasteiger charge is 2.34. The molecule has 130 heavy (non-hydrogen) atoms. The van der Waals surface area contributed by atoms with E-state index in [4.69, 9.17) is 53.3 Å². The Kier molecular flexibility index (Phi) is 35.1. The Bertz CT molecular complexity index is 6460. The van der Waals surface area contributed by atoms with Crippen molar-refractivity contribution in [2.24, 2.45) is 0 Å². The first kappa shape index (κ1) is 97.6. The second-order valence-corrected chi connectivity index (χ2v) is 28.3. The standard InChI is InChI=1S/C21H13F3N2O2.C20H18N2O2.C19H16ClN3O2.C19H16N2O2.C18H10ClF4N3O2.2CH4/c1-2-14-5-3-6-15(9-14)20(27)26-17-10-16(21(22,23)24)11-19(12-17)28-18-7-4-8-25-13-18;1-14-5-3-6-16(11-14)20(23)22-17-7-4-8-18(12-17)24-19-10-9-15(2)21-13-19;1-12-6-7-16(11-21-12)25-17-9-14(20)8-15(10-17)23-19(24)18-5-3-4-13(2)22-18;1-14-5-2-6-15(11-14)19(22)21-16-7-3-8-17(12-16)23-18-9-4-10-20-13-18;19-10-4-12(7-13(5-10)28-14-6-11(20)8-24-9-14)25-17(27)15-2-1-3-16(26-15)18(21,22)23;;/h1,3-13H,(H,26,27);3-13H,1-2H3,(H,22,23);3-11H,1-2H3,(H,23,24);2-13H,1H3,(H,21,22);1-9H,(H,25,27);2*1H4. The number of carbonyl (C=O) groups excluding carboxylic acids is 5. The average molecular weight is 1800 g/mol. The summed E-state index contributed by atoms with van der Waals surface area (Å²) in [5.74, 6) is 3.83. The Labute approximate surface area is 754 Å². The highest BCUT2D eigenvalue weighted by molar-refractivity contribution is 6.31. The van der Waals surface area contributed by atoms with Gasteiger partial charge in [-0.3, -0.25) is 48.9 Å². The fourth-order valence-corrected chi connectivity index (χ4v) is 11.7. The number of aromatic nitrogens is 7. The van der Waals surface area contributed by atoms with Gasteiger partial charge in [0.25, 0.3) is 29.5 Å². The Hall–Kier alpha value is -16.2. The lowest BCUT2D eigenvalue weighted by atomic mass is 10.1. The number of amides is 5. The van der Waals surface area contributed by atoms with E-state index in [0.29, 0.717) is 79.0 Å². The molecule has 15 rings (SSSR count). The van der Waals surface area contributed by atoms with Crippen molar-refractivity contribution in [3.05, 3.63) is 405 Å². The molecule has 0 saturated heterocycles. The number of pyridine rings is 7. The van der Waals surface area contributed by atoms with E-state index < -0.39 is 46.9 Å². The number of anilines is 5. The van der Waals surface area contributed by atoms with Crippen LogP contribution in [0.2, 0.25) is 10.0 Å². The zero-order valence-corrected chi connectivity index (χ0v) is 69.7. The minimum atomic E-state index is -4.67. The van der Waals surface area contributed by atoms with Crippen molar-refractivity contribution in [3.8, 4) is 69.8 Å². The van der Waals surface area contributed by atoms with Crippen LogP contribution in [0.1, 0.15) is 112 Å². The number of carbonyl (C=O) groups is 5. The third-order valence-electron chi connectivity index (χ3n) is 17.1. The van der Waals surface area contributed by atoms with E-state index in [-0.39, 0.29) is 77.5 Å². The lowest BCUT2D eigenvalue weighted by molar-refractivity contribution is -0.141. The van der Waals surface area contributed by atoms with Gasteiger partial charge in [-0.05, 0) is 211 Å². The van der Waals surface area contributed by atoms with E-state index >= 15 is 0 Å². The first-order valence-corrected chi connectivity index (χ1v) is 39.0. The van der Waals surface area contributed by atoms with Gasteiger partial charge in [0.2, 0.25) is 0 Å². The summed E-state index contributed by atoms with van der Waals surface area (Å²) in [4.78, 5) is 88.9. The summed E-state index contributed by atoms with van der Waals surface area (Å²) in [6.07, 6.45) is 7.79. The number of alkyl halides is 6. The number of aryl methyl sites for hydroxylation is 5. The number of nitrogens with one attached hydrogen (secondary N) is 5. The summed E-state index contributed by atoms with van der Waals surface area (Å²) in [6.45, 7) is 9.57. The van der Waals surface area contributed by atoms with Gasteiger partial charge < -0.3 is 50.3 Å². The SMILES string of the molecule is C.C.C#Cc1cccc(C(=O)Nc2cc(Oc3cccnc3)cc(C(F)(F)F)c2)c1.Cc1ccc(Oc2cc(Cl)cc(NC(=O)c3cccc(C)n3)c2)cn1.Cc1cccc(C(=O)Nc2cccc(Oc3ccc(C)nc3)c2)c1.Cc1cccc(C(=O)Nc2cccc(Oc3cccnc3)c2)c1.O=C(Nc1cc(Cl)cc(Oc2cncc(F)c2)c1)c1cccc(C(F)(F)F)n1. The molecule has 7 heterocycles. The van der Waals surface area contributed by atoms with Crippen molar-refractivity contribution in [1.82, 2.24) is 34.9 Å². The molecule has 0 aliphatic heterocycles. The number of benzene rings is 8. The summed E-state index contributed by atoms with van der Waals surface area (Å²) in [7, 11) is 0. The van der Waals surface area contributed by atoms with Crippen molar-refractivity contribution >= 4 is 81.2 Å². The number of terminal acetylenes is 1. The molecule has 31 heteroatoms. The van der Waals surface area contributed by atoms with E-state index in [2.05, 4.69) is 67.4 Å².